The van der Waals surface area contributed by atoms with Crippen molar-refractivity contribution in [3.63, 3.8) is 0 Å². The van der Waals surface area contributed by atoms with Crippen molar-refractivity contribution in [2.45, 2.75) is 38.5 Å². The van der Waals surface area contributed by atoms with E-state index in [4.69, 9.17) is 0 Å². The van der Waals surface area contributed by atoms with Gasteiger partial charge in [-0.25, -0.2) is 0 Å². The molecule has 7 aromatic carbocycles. The Hall–Kier alpha value is -5.54. The summed E-state index contributed by atoms with van der Waals surface area (Å²) in [6.45, 7) is 8.78. The van der Waals surface area contributed by atoms with E-state index in [1.807, 2.05) is 22.7 Å². The van der Waals surface area contributed by atoms with Gasteiger partial charge in [-0.2, -0.15) is 0 Å². The lowest BCUT2D eigenvalue weighted by atomic mass is 9.65. The zero-order valence-corrected chi connectivity index (χ0v) is 32.5. The Balaban J connectivity index is 1.36. The zero-order chi connectivity index (χ0) is 36.3. The van der Waals surface area contributed by atoms with Crippen LogP contribution in [-0.2, 0) is 10.8 Å². The summed E-state index contributed by atoms with van der Waals surface area (Å²) < 4.78 is 2.66. The molecule has 2 aromatic heterocycles. The van der Waals surface area contributed by atoms with Gasteiger partial charge < -0.3 is 0 Å². The fourth-order valence-corrected chi connectivity index (χ4v) is 11.6. The number of benzene rings is 7. The molecule has 11 rings (SSSR count). The molecule has 0 atom stereocenters. The van der Waals surface area contributed by atoms with E-state index in [9.17, 15) is 0 Å². The summed E-state index contributed by atoms with van der Waals surface area (Å²) in [5, 5.41) is 7.21. The standard InChI is InChI=1S/C52H38S2/c1-31-5-13-35(14-6-31)51(36-15-7-32(2)8-16-36)43-21-23-47-39(25-27-53-47)49(43)41-30-46-42(29-45(41)51)50-40-26-28-54-48(40)24-22-44(50)52(46,37-17-9-33(3)10-18-37)38-19-11-34(4)12-20-38/h5-30H,1-4H3. The van der Waals surface area contributed by atoms with E-state index in [2.05, 4.69) is 184 Å². The average Bonchev–Trinajstić information content (AvgIpc) is 3.98. The van der Waals surface area contributed by atoms with Gasteiger partial charge in [0.05, 0.1) is 10.8 Å². The maximum absolute atomic E-state index is 2.63. The van der Waals surface area contributed by atoms with Gasteiger partial charge in [-0.05, 0) is 142 Å². The van der Waals surface area contributed by atoms with Crippen LogP contribution in [0.4, 0.5) is 0 Å². The Morgan fingerprint density at radius 3 is 0.963 bits per heavy atom. The first-order chi connectivity index (χ1) is 26.4. The van der Waals surface area contributed by atoms with Gasteiger partial charge in [-0.1, -0.05) is 131 Å². The van der Waals surface area contributed by atoms with E-state index in [0.717, 1.165) is 0 Å². The summed E-state index contributed by atoms with van der Waals surface area (Å²) in [7, 11) is 0. The normalized spacial score (nSPS) is 14.6. The molecule has 2 heterocycles. The molecule has 258 valence electrons. The second-order valence-corrected chi connectivity index (χ2v) is 17.4. The van der Waals surface area contributed by atoms with Crippen molar-refractivity contribution < 1.29 is 0 Å². The van der Waals surface area contributed by atoms with E-state index >= 15 is 0 Å². The molecule has 2 aliphatic rings. The third-order valence-corrected chi connectivity index (χ3v) is 14.3. The van der Waals surface area contributed by atoms with Gasteiger partial charge in [0.1, 0.15) is 0 Å². The molecule has 0 amide bonds. The monoisotopic (exact) mass is 726 g/mol. The highest BCUT2D eigenvalue weighted by Crippen LogP contribution is 2.64. The van der Waals surface area contributed by atoms with Crippen LogP contribution in [0.2, 0.25) is 0 Å². The van der Waals surface area contributed by atoms with Crippen LogP contribution in [-0.4, -0.2) is 0 Å². The minimum absolute atomic E-state index is 0.501. The molecule has 54 heavy (non-hydrogen) atoms. The van der Waals surface area contributed by atoms with Gasteiger partial charge in [0, 0.05) is 20.2 Å². The van der Waals surface area contributed by atoms with Crippen LogP contribution in [0.5, 0.6) is 0 Å². The SMILES string of the molecule is Cc1ccc(C2(c3ccc(C)cc3)c3cc4c(cc3-c3c2ccc2sccc32)C(c2ccc(C)cc2)(c2ccc(C)cc2)c2ccc3sccc3c2-4)cc1. The Bertz CT molecular complexity index is 2640. The predicted octanol–water partition coefficient (Wildman–Crippen LogP) is 14.1. The Labute approximate surface area is 325 Å². The third-order valence-electron chi connectivity index (χ3n) is 12.5. The molecule has 0 nitrogen and oxygen atoms in total. The Morgan fingerprint density at radius 2 is 0.648 bits per heavy atom. The number of aryl methyl sites for hydroxylation is 4. The van der Waals surface area contributed by atoms with Crippen molar-refractivity contribution in [3.8, 4) is 22.3 Å². The highest BCUT2D eigenvalue weighted by molar-refractivity contribution is 7.17. The number of thiophene rings is 2. The largest absolute Gasteiger partial charge is 0.144 e. The van der Waals surface area contributed by atoms with Gasteiger partial charge in [-0.3, -0.25) is 0 Å². The zero-order valence-electron chi connectivity index (χ0n) is 30.8. The van der Waals surface area contributed by atoms with Crippen molar-refractivity contribution in [1.29, 1.82) is 0 Å². The third kappa shape index (κ3) is 4.13. The first kappa shape index (κ1) is 31.9. The van der Waals surface area contributed by atoms with E-state index < -0.39 is 10.8 Å². The second-order valence-electron chi connectivity index (χ2n) is 15.5. The number of hydrogen-bond acceptors (Lipinski definition) is 2. The van der Waals surface area contributed by atoms with Crippen LogP contribution in [0.1, 0.15) is 66.8 Å². The molecule has 9 aromatic rings. The number of fused-ring (bicyclic) bond motifs is 10. The van der Waals surface area contributed by atoms with E-state index in [1.165, 1.54) is 109 Å². The van der Waals surface area contributed by atoms with Gasteiger partial charge in [-0.15, -0.1) is 22.7 Å². The summed E-state index contributed by atoms with van der Waals surface area (Å²) in [5.74, 6) is 0. The number of hydrogen-bond donors (Lipinski definition) is 0. The molecule has 2 aliphatic carbocycles. The van der Waals surface area contributed by atoms with Gasteiger partial charge >= 0.3 is 0 Å². The maximum atomic E-state index is 2.63. The summed E-state index contributed by atoms with van der Waals surface area (Å²) >= 11 is 3.68. The van der Waals surface area contributed by atoms with Crippen molar-refractivity contribution in [2.75, 3.05) is 0 Å². The smallest absolute Gasteiger partial charge is 0.0714 e. The summed E-state index contributed by atoms with van der Waals surface area (Å²) in [6.07, 6.45) is 0. The topological polar surface area (TPSA) is 0 Å². The van der Waals surface area contributed by atoms with Crippen molar-refractivity contribution >= 4 is 42.8 Å². The lowest BCUT2D eigenvalue weighted by Gasteiger charge is -2.35. The minimum atomic E-state index is -0.501. The first-order valence-corrected chi connectivity index (χ1v) is 20.6. The van der Waals surface area contributed by atoms with Crippen molar-refractivity contribution in [3.05, 3.63) is 223 Å². The quantitative estimate of drug-likeness (QED) is 0.169. The van der Waals surface area contributed by atoms with Gasteiger partial charge in [0.15, 0.2) is 0 Å². The molecule has 0 radical (unpaired) electrons. The van der Waals surface area contributed by atoms with Gasteiger partial charge in [0.2, 0.25) is 0 Å². The highest BCUT2D eigenvalue weighted by atomic mass is 32.1. The Kier molecular flexibility index (Phi) is 6.79. The molecule has 2 heteroatoms. The van der Waals surface area contributed by atoms with Crippen LogP contribution in [0.3, 0.4) is 0 Å². The number of rotatable bonds is 4. The van der Waals surface area contributed by atoms with Gasteiger partial charge in [0.25, 0.3) is 0 Å². The fourth-order valence-electron chi connectivity index (χ4n) is 10.0. The first-order valence-electron chi connectivity index (χ1n) is 18.9. The van der Waals surface area contributed by atoms with Crippen LogP contribution in [0.15, 0.2) is 156 Å². The molecular formula is C52H38S2. The summed E-state index contributed by atoms with van der Waals surface area (Å²) in [5.41, 5.74) is 20.2. The molecule has 0 saturated carbocycles. The second kappa shape index (κ2) is 11.5. The summed E-state index contributed by atoms with van der Waals surface area (Å²) in [6, 6.07) is 57.0. The highest BCUT2D eigenvalue weighted by Gasteiger charge is 2.52. The van der Waals surface area contributed by atoms with Crippen LogP contribution in [0, 0.1) is 27.7 Å². The van der Waals surface area contributed by atoms with E-state index in [1.54, 1.807) is 0 Å². The molecule has 0 N–H and O–H groups in total. The average molecular weight is 727 g/mol. The Morgan fingerprint density at radius 1 is 0.333 bits per heavy atom. The lowest BCUT2D eigenvalue weighted by Crippen LogP contribution is -2.30. The van der Waals surface area contributed by atoms with Crippen molar-refractivity contribution in [1.82, 2.24) is 0 Å². The molecule has 0 bridgehead atoms. The van der Waals surface area contributed by atoms with Crippen LogP contribution in [0.25, 0.3) is 42.4 Å². The predicted molar refractivity (Wildman–Crippen MR) is 231 cm³/mol. The molecule has 0 saturated heterocycles. The molecular weight excluding hydrogens is 689 g/mol. The lowest BCUT2D eigenvalue weighted by molar-refractivity contribution is 0.758. The van der Waals surface area contributed by atoms with Crippen molar-refractivity contribution in [2.24, 2.45) is 0 Å². The molecule has 0 fully saturated rings. The van der Waals surface area contributed by atoms with E-state index in [0.29, 0.717) is 0 Å². The summed E-state index contributed by atoms with van der Waals surface area (Å²) in [4.78, 5) is 0. The molecule has 0 aliphatic heterocycles. The minimum Gasteiger partial charge on any atom is -0.144 e. The molecule has 0 spiro atoms. The van der Waals surface area contributed by atoms with Crippen LogP contribution >= 0.6 is 22.7 Å². The fraction of sp³-hybridized carbons (Fsp3) is 0.115. The molecule has 0 unspecified atom stereocenters. The maximum Gasteiger partial charge on any atom is 0.0714 e. The van der Waals surface area contributed by atoms with E-state index in [-0.39, 0.29) is 0 Å². The van der Waals surface area contributed by atoms with Crippen LogP contribution < -0.4 is 0 Å².